The van der Waals surface area contributed by atoms with Crippen LogP contribution in [0.2, 0.25) is 5.02 Å². The van der Waals surface area contributed by atoms with E-state index in [0.717, 1.165) is 37.1 Å². The van der Waals surface area contributed by atoms with Crippen molar-refractivity contribution in [3.63, 3.8) is 0 Å². The van der Waals surface area contributed by atoms with Crippen molar-refractivity contribution in [2.24, 2.45) is 0 Å². The zero-order valence-corrected chi connectivity index (χ0v) is 16.5. The van der Waals surface area contributed by atoms with E-state index in [2.05, 4.69) is 4.90 Å². The van der Waals surface area contributed by atoms with Crippen LogP contribution >= 0.6 is 11.6 Å². The number of carbonyl (C=O) groups excluding carboxylic acids is 1. The van der Waals surface area contributed by atoms with Crippen molar-refractivity contribution >= 4 is 23.5 Å². The second kappa shape index (κ2) is 9.24. The Labute approximate surface area is 169 Å². The number of ether oxygens (including phenoxy) is 1. The molecule has 0 spiro atoms. The van der Waals surface area contributed by atoms with Crippen LogP contribution in [0, 0.1) is 0 Å². The van der Waals surface area contributed by atoms with E-state index in [1.165, 1.54) is 12.1 Å². The van der Waals surface area contributed by atoms with Crippen LogP contribution in [0.25, 0.3) is 6.08 Å². The van der Waals surface area contributed by atoms with E-state index in [-0.39, 0.29) is 23.2 Å². The van der Waals surface area contributed by atoms with Gasteiger partial charge in [0.15, 0.2) is 5.78 Å². The van der Waals surface area contributed by atoms with Gasteiger partial charge in [0.25, 0.3) is 0 Å². The highest BCUT2D eigenvalue weighted by molar-refractivity contribution is 6.30. The van der Waals surface area contributed by atoms with E-state index in [0.29, 0.717) is 17.3 Å². The predicted molar refractivity (Wildman–Crippen MR) is 110 cm³/mol. The predicted octanol–water partition coefficient (Wildman–Crippen LogP) is 3.91. The molecule has 0 unspecified atom stereocenters. The van der Waals surface area contributed by atoms with Crippen molar-refractivity contribution in [2.75, 3.05) is 20.2 Å². The summed E-state index contributed by atoms with van der Waals surface area (Å²) in [6.45, 7) is 2.16. The molecule has 0 atom stereocenters. The number of piperidine rings is 1. The highest BCUT2D eigenvalue weighted by Gasteiger charge is 2.20. The molecule has 1 heterocycles. The van der Waals surface area contributed by atoms with E-state index in [4.69, 9.17) is 16.3 Å². The average molecular weight is 402 g/mol. The Morgan fingerprint density at radius 2 is 1.93 bits per heavy atom. The van der Waals surface area contributed by atoms with Gasteiger partial charge in [-0.15, -0.1) is 0 Å². The maximum Gasteiger partial charge on any atom is 0.189 e. The number of benzene rings is 2. The lowest BCUT2D eigenvalue weighted by Crippen LogP contribution is -2.35. The number of allylic oxidation sites excluding steroid dienone is 1. The molecule has 1 fully saturated rings. The molecule has 0 aromatic heterocycles. The van der Waals surface area contributed by atoms with Crippen LogP contribution in [-0.4, -0.2) is 47.2 Å². The van der Waals surface area contributed by atoms with Gasteiger partial charge in [0.05, 0.1) is 18.8 Å². The van der Waals surface area contributed by atoms with Gasteiger partial charge in [0.1, 0.15) is 11.5 Å². The number of aliphatic hydroxyl groups excluding tert-OH is 1. The van der Waals surface area contributed by atoms with Gasteiger partial charge < -0.3 is 14.9 Å². The molecule has 5 nitrogen and oxygen atoms in total. The van der Waals surface area contributed by atoms with Gasteiger partial charge in [-0.1, -0.05) is 29.8 Å². The Morgan fingerprint density at radius 3 is 2.57 bits per heavy atom. The highest BCUT2D eigenvalue weighted by Crippen LogP contribution is 2.30. The summed E-state index contributed by atoms with van der Waals surface area (Å²) in [6, 6.07) is 10.3. The van der Waals surface area contributed by atoms with Crippen molar-refractivity contribution in [1.82, 2.24) is 4.90 Å². The first-order valence-electron chi connectivity index (χ1n) is 9.24. The number of halogens is 1. The van der Waals surface area contributed by atoms with Crippen LogP contribution in [0.3, 0.4) is 0 Å². The summed E-state index contributed by atoms with van der Waals surface area (Å²) in [5, 5.41) is 20.6. The average Bonchev–Trinajstić information content (AvgIpc) is 2.70. The molecular formula is C22H24ClNO4. The summed E-state index contributed by atoms with van der Waals surface area (Å²) >= 11 is 5.87. The monoisotopic (exact) mass is 401 g/mol. The maximum absolute atomic E-state index is 12.6. The maximum atomic E-state index is 12.6. The molecule has 1 saturated heterocycles. The van der Waals surface area contributed by atoms with Crippen molar-refractivity contribution in [3.8, 4) is 11.5 Å². The van der Waals surface area contributed by atoms with Gasteiger partial charge in [0, 0.05) is 36.3 Å². The summed E-state index contributed by atoms with van der Waals surface area (Å²) in [4.78, 5) is 14.8. The van der Waals surface area contributed by atoms with Crippen molar-refractivity contribution in [1.29, 1.82) is 0 Å². The van der Waals surface area contributed by atoms with Crippen LogP contribution < -0.4 is 4.74 Å². The highest BCUT2D eigenvalue weighted by atomic mass is 35.5. The molecule has 6 heteroatoms. The zero-order chi connectivity index (χ0) is 20.1. The van der Waals surface area contributed by atoms with Gasteiger partial charge in [0.2, 0.25) is 0 Å². The SMILES string of the molecule is COc1cc(O)c(C(=O)/C=C/c2ccc(Cl)cc2)cc1CN1CCC(O)CC1. The first kappa shape index (κ1) is 20.4. The molecule has 1 aliphatic heterocycles. The van der Waals surface area contributed by atoms with Crippen LogP contribution in [0.5, 0.6) is 11.5 Å². The largest absolute Gasteiger partial charge is 0.507 e. The minimum Gasteiger partial charge on any atom is -0.507 e. The number of ketones is 1. The number of rotatable bonds is 6. The second-order valence-electron chi connectivity index (χ2n) is 6.94. The fourth-order valence-corrected chi connectivity index (χ4v) is 3.40. The number of hydrogen-bond acceptors (Lipinski definition) is 5. The molecule has 2 aromatic rings. The molecule has 0 radical (unpaired) electrons. The number of phenolic OH excluding ortho intramolecular Hbond substituents is 1. The lowest BCUT2D eigenvalue weighted by atomic mass is 10.0. The zero-order valence-electron chi connectivity index (χ0n) is 15.8. The van der Waals surface area contributed by atoms with Gasteiger partial charge in [-0.25, -0.2) is 0 Å². The Kier molecular flexibility index (Phi) is 6.73. The molecular weight excluding hydrogens is 378 g/mol. The van der Waals surface area contributed by atoms with Gasteiger partial charge in [-0.3, -0.25) is 9.69 Å². The van der Waals surface area contributed by atoms with Crippen molar-refractivity contribution < 1.29 is 19.7 Å². The third-order valence-electron chi connectivity index (χ3n) is 4.91. The van der Waals surface area contributed by atoms with E-state index in [1.807, 2.05) is 12.1 Å². The topological polar surface area (TPSA) is 70.0 Å². The molecule has 0 bridgehead atoms. The lowest BCUT2D eigenvalue weighted by Gasteiger charge is -2.30. The third-order valence-corrected chi connectivity index (χ3v) is 5.16. The quantitative estimate of drug-likeness (QED) is 0.567. The minimum absolute atomic E-state index is 0.111. The fraction of sp³-hybridized carbons (Fsp3) is 0.318. The van der Waals surface area contributed by atoms with Crippen LogP contribution in [0.1, 0.15) is 34.3 Å². The normalized spacial score (nSPS) is 15.8. The summed E-state index contributed by atoms with van der Waals surface area (Å²) < 4.78 is 5.39. The number of carbonyl (C=O) groups is 1. The Morgan fingerprint density at radius 1 is 1.25 bits per heavy atom. The molecule has 2 aromatic carbocycles. The summed E-state index contributed by atoms with van der Waals surface area (Å²) in [7, 11) is 1.54. The van der Waals surface area contributed by atoms with Crippen molar-refractivity contribution in [3.05, 3.63) is 64.2 Å². The molecule has 3 rings (SSSR count). The Balaban J connectivity index is 1.80. The van der Waals surface area contributed by atoms with Crippen LogP contribution in [-0.2, 0) is 6.54 Å². The van der Waals surface area contributed by atoms with E-state index >= 15 is 0 Å². The molecule has 148 valence electrons. The summed E-state index contributed by atoms with van der Waals surface area (Å²) in [5.74, 6) is 0.146. The number of aromatic hydroxyl groups is 1. The molecule has 1 aliphatic rings. The van der Waals surface area contributed by atoms with Gasteiger partial charge in [-0.2, -0.15) is 0 Å². The number of phenols is 1. The minimum atomic E-state index is -0.287. The summed E-state index contributed by atoms with van der Waals surface area (Å²) in [6.07, 6.45) is 4.35. The summed E-state index contributed by atoms with van der Waals surface area (Å²) in [5.41, 5.74) is 1.91. The number of hydrogen-bond donors (Lipinski definition) is 2. The third kappa shape index (κ3) is 5.13. The van der Waals surface area contributed by atoms with Crippen LogP contribution in [0.4, 0.5) is 0 Å². The number of aliphatic hydroxyl groups is 1. The van der Waals surface area contributed by atoms with E-state index in [9.17, 15) is 15.0 Å². The molecule has 0 aliphatic carbocycles. The van der Waals surface area contributed by atoms with E-state index in [1.54, 1.807) is 31.4 Å². The second-order valence-corrected chi connectivity index (χ2v) is 7.37. The first-order valence-corrected chi connectivity index (χ1v) is 9.62. The Bertz CT molecular complexity index is 856. The number of methoxy groups -OCH3 is 1. The standard InChI is InChI=1S/C22H24ClNO4/c1-28-22-13-21(27)19(12-16(22)14-24-10-8-18(25)9-11-24)20(26)7-4-15-2-5-17(23)6-3-15/h2-7,12-13,18,25,27H,8-11,14H2,1H3/b7-4+. The number of nitrogens with zero attached hydrogens (tertiary/aromatic N) is 1. The smallest absolute Gasteiger partial charge is 0.189 e. The van der Waals surface area contributed by atoms with E-state index < -0.39 is 0 Å². The number of likely N-dealkylation sites (tertiary alicyclic amines) is 1. The van der Waals surface area contributed by atoms with Gasteiger partial charge >= 0.3 is 0 Å². The molecule has 28 heavy (non-hydrogen) atoms. The molecule has 0 amide bonds. The van der Waals surface area contributed by atoms with Crippen molar-refractivity contribution in [2.45, 2.75) is 25.5 Å². The fourth-order valence-electron chi connectivity index (χ4n) is 3.28. The van der Waals surface area contributed by atoms with Crippen LogP contribution in [0.15, 0.2) is 42.5 Å². The molecule has 0 saturated carbocycles. The van der Waals surface area contributed by atoms with Gasteiger partial charge in [-0.05, 0) is 42.7 Å². The Hall–Kier alpha value is -2.34. The first-order chi connectivity index (χ1) is 13.5. The molecule has 2 N–H and O–H groups in total. The lowest BCUT2D eigenvalue weighted by molar-refractivity contribution is 0.0789.